The Morgan fingerprint density at radius 1 is 1.10 bits per heavy atom. The van der Waals surface area contributed by atoms with Gasteiger partial charge in [-0.05, 0) is 49.1 Å². The fourth-order valence-electron chi connectivity index (χ4n) is 5.22. The van der Waals surface area contributed by atoms with Crippen LogP contribution in [-0.4, -0.2) is 72.8 Å². The van der Waals surface area contributed by atoms with Crippen molar-refractivity contribution in [3.05, 3.63) is 30.1 Å². The first kappa shape index (κ1) is 20.6. The predicted octanol–water partition coefficient (Wildman–Crippen LogP) is 2.25. The topological polar surface area (TPSA) is 70.6 Å². The Hall–Kier alpha value is -2.25. The fourth-order valence-corrected chi connectivity index (χ4v) is 5.22. The normalized spacial score (nSPS) is 25.0. The summed E-state index contributed by atoms with van der Waals surface area (Å²) in [5.41, 5.74) is 4.37. The highest BCUT2D eigenvalue weighted by atomic mass is 16.5. The minimum absolute atomic E-state index is 0.134. The van der Waals surface area contributed by atoms with Crippen molar-refractivity contribution in [2.75, 3.05) is 50.8 Å². The fraction of sp³-hybridized carbons (Fsp3) is 0.625. The van der Waals surface area contributed by atoms with E-state index >= 15 is 0 Å². The van der Waals surface area contributed by atoms with Crippen LogP contribution in [0.15, 0.2) is 24.5 Å². The number of amides is 1. The summed E-state index contributed by atoms with van der Waals surface area (Å²) in [6.45, 7) is 7.60. The molecule has 1 N–H and O–H groups in total. The summed E-state index contributed by atoms with van der Waals surface area (Å²) in [5.74, 6) is 1.56. The van der Waals surface area contributed by atoms with E-state index in [-0.39, 0.29) is 11.9 Å². The van der Waals surface area contributed by atoms with Crippen LogP contribution >= 0.6 is 0 Å². The number of nitrogens with one attached hydrogen (secondary N) is 1. The van der Waals surface area contributed by atoms with Gasteiger partial charge in [0.2, 0.25) is 5.91 Å². The first-order chi connectivity index (χ1) is 15.2. The maximum atomic E-state index is 12.8. The Morgan fingerprint density at radius 3 is 2.61 bits per heavy atom. The zero-order valence-electron chi connectivity index (χ0n) is 18.4. The van der Waals surface area contributed by atoms with Gasteiger partial charge in [0, 0.05) is 44.6 Å². The second-order valence-electron chi connectivity index (χ2n) is 9.24. The summed E-state index contributed by atoms with van der Waals surface area (Å²) in [6, 6.07) is 4.57. The van der Waals surface area contributed by atoms with Gasteiger partial charge in [0.15, 0.2) is 0 Å². The molecule has 2 aromatic rings. The Labute approximate surface area is 184 Å². The van der Waals surface area contributed by atoms with E-state index in [1.165, 1.54) is 18.4 Å². The van der Waals surface area contributed by atoms with Crippen molar-refractivity contribution in [1.29, 1.82) is 0 Å². The average molecular weight is 424 g/mol. The number of hydrogen-bond donors (Lipinski definition) is 1. The lowest BCUT2D eigenvalue weighted by Gasteiger charge is -2.40. The number of aromatic nitrogens is 2. The molecule has 0 bridgehead atoms. The number of carbonyl (C=O) groups is 1. The maximum Gasteiger partial charge on any atom is 0.234 e. The van der Waals surface area contributed by atoms with E-state index in [1.54, 1.807) is 12.4 Å². The molecule has 3 heterocycles. The van der Waals surface area contributed by atoms with Crippen molar-refractivity contribution < 1.29 is 9.53 Å². The minimum Gasteiger partial charge on any atom is -0.379 e. The van der Waals surface area contributed by atoms with Crippen LogP contribution in [0.3, 0.4) is 0 Å². The van der Waals surface area contributed by atoms with Crippen LogP contribution in [0.2, 0.25) is 0 Å². The highest BCUT2D eigenvalue weighted by molar-refractivity contribution is 5.90. The van der Waals surface area contributed by atoms with Crippen molar-refractivity contribution in [2.45, 2.75) is 38.6 Å². The van der Waals surface area contributed by atoms with Crippen molar-refractivity contribution in [1.82, 2.24) is 20.2 Å². The lowest BCUT2D eigenvalue weighted by atomic mass is 9.89. The van der Waals surface area contributed by atoms with Gasteiger partial charge in [-0.1, -0.05) is 13.0 Å². The van der Waals surface area contributed by atoms with E-state index in [9.17, 15) is 4.79 Å². The molecule has 2 aliphatic heterocycles. The number of anilines is 1. The van der Waals surface area contributed by atoms with Crippen LogP contribution in [0.4, 0.5) is 5.69 Å². The molecule has 2 saturated heterocycles. The summed E-state index contributed by atoms with van der Waals surface area (Å²) in [6.07, 6.45) is 8.23. The molecule has 3 aliphatic rings. The van der Waals surface area contributed by atoms with E-state index in [2.05, 4.69) is 39.2 Å². The number of hydrogen-bond acceptors (Lipinski definition) is 6. The van der Waals surface area contributed by atoms with Gasteiger partial charge in [-0.15, -0.1) is 0 Å². The van der Waals surface area contributed by atoms with E-state index < -0.39 is 0 Å². The molecule has 1 aromatic heterocycles. The van der Waals surface area contributed by atoms with Crippen LogP contribution in [0, 0.1) is 11.8 Å². The van der Waals surface area contributed by atoms with Crippen molar-refractivity contribution in [3.63, 3.8) is 0 Å². The minimum atomic E-state index is 0.134. The molecule has 0 spiro atoms. The lowest BCUT2D eigenvalue weighted by molar-refractivity contribution is -0.124. The van der Waals surface area contributed by atoms with Gasteiger partial charge >= 0.3 is 0 Å². The van der Waals surface area contributed by atoms with Gasteiger partial charge in [0.25, 0.3) is 0 Å². The third-order valence-corrected chi connectivity index (χ3v) is 7.02. The van der Waals surface area contributed by atoms with Crippen LogP contribution in [-0.2, 0) is 16.0 Å². The van der Waals surface area contributed by atoms with E-state index in [1.807, 2.05) is 0 Å². The van der Waals surface area contributed by atoms with E-state index in [0.29, 0.717) is 12.5 Å². The predicted molar refractivity (Wildman–Crippen MR) is 121 cm³/mol. The van der Waals surface area contributed by atoms with Gasteiger partial charge in [-0.2, -0.15) is 0 Å². The summed E-state index contributed by atoms with van der Waals surface area (Å²) < 4.78 is 5.40. The van der Waals surface area contributed by atoms with Gasteiger partial charge < -0.3 is 15.0 Å². The third-order valence-electron chi connectivity index (χ3n) is 7.02. The van der Waals surface area contributed by atoms with Crippen LogP contribution in [0.25, 0.3) is 11.0 Å². The summed E-state index contributed by atoms with van der Waals surface area (Å²) in [5, 5.41) is 3.35. The number of aryl methyl sites for hydroxylation is 1. The summed E-state index contributed by atoms with van der Waals surface area (Å²) >= 11 is 0. The molecule has 1 saturated carbocycles. The molecule has 2 unspecified atom stereocenters. The molecule has 1 amide bonds. The average Bonchev–Trinajstić information content (AvgIpc) is 3.64. The van der Waals surface area contributed by atoms with Gasteiger partial charge in [0.05, 0.1) is 31.0 Å². The molecule has 0 radical (unpaired) electrons. The molecule has 1 aliphatic carbocycles. The largest absolute Gasteiger partial charge is 0.379 e. The van der Waals surface area contributed by atoms with Crippen LogP contribution < -0.4 is 10.2 Å². The Balaban J connectivity index is 1.34. The second kappa shape index (κ2) is 9.09. The number of piperidine rings is 1. The van der Waals surface area contributed by atoms with Crippen molar-refractivity contribution in [2.24, 2.45) is 11.8 Å². The van der Waals surface area contributed by atoms with Gasteiger partial charge in [-0.25, -0.2) is 0 Å². The number of nitrogens with zero attached hydrogens (tertiary/aromatic N) is 4. The summed E-state index contributed by atoms with van der Waals surface area (Å²) in [7, 11) is 0. The summed E-state index contributed by atoms with van der Waals surface area (Å²) in [4.78, 5) is 26.7. The number of carbonyl (C=O) groups excluding carboxylic acids is 1. The molecule has 1 aromatic carbocycles. The molecular formula is C24H33N5O2. The standard InChI is InChI=1S/C24H33N5O2/c1-2-17-5-6-21(24-23(17)25-7-8-26-24)29-14-19(18-3-4-18)13-20(15-29)27-22(30)16-28-9-11-31-12-10-28/h5-8,18-20H,2-4,9-16H2,1H3,(H,27,30). The van der Waals surface area contributed by atoms with Crippen LogP contribution in [0.5, 0.6) is 0 Å². The molecule has 2 atom stereocenters. The lowest BCUT2D eigenvalue weighted by Crippen LogP contribution is -2.53. The second-order valence-corrected chi connectivity index (χ2v) is 9.24. The van der Waals surface area contributed by atoms with E-state index in [4.69, 9.17) is 9.72 Å². The molecule has 7 nitrogen and oxygen atoms in total. The molecule has 7 heteroatoms. The number of fused-ring (bicyclic) bond motifs is 1. The van der Waals surface area contributed by atoms with Crippen molar-refractivity contribution in [3.8, 4) is 0 Å². The highest BCUT2D eigenvalue weighted by Gasteiger charge is 2.38. The van der Waals surface area contributed by atoms with Gasteiger partial charge in [-0.3, -0.25) is 19.7 Å². The van der Waals surface area contributed by atoms with Crippen molar-refractivity contribution >= 4 is 22.6 Å². The molecular weight excluding hydrogens is 390 g/mol. The number of morpholine rings is 1. The first-order valence-electron chi connectivity index (χ1n) is 11.8. The quantitative estimate of drug-likeness (QED) is 0.769. The first-order valence-corrected chi connectivity index (χ1v) is 11.8. The highest BCUT2D eigenvalue weighted by Crippen LogP contribution is 2.42. The molecule has 3 fully saturated rings. The SMILES string of the molecule is CCc1ccc(N2CC(NC(=O)CN3CCOCC3)CC(C3CC3)C2)c2nccnc12. The zero-order valence-corrected chi connectivity index (χ0v) is 18.4. The smallest absolute Gasteiger partial charge is 0.234 e. The molecule has 5 rings (SSSR count). The van der Waals surface area contributed by atoms with Gasteiger partial charge in [0.1, 0.15) is 5.52 Å². The number of benzene rings is 1. The number of ether oxygens (including phenoxy) is 1. The Bertz CT molecular complexity index is 925. The Morgan fingerprint density at radius 2 is 1.87 bits per heavy atom. The van der Waals surface area contributed by atoms with Crippen LogP contribution in [0.1, 0.15) is 31.7 Å². The Kier molecular flexibility index (Phi) is 6.05. The monoisotopic (exact) mass is 423 g/mol. The molecule has 166 valence electrons. The third kappa shape index (κ3) is 4.67. The maximum absolute atomic E-state index is 12.8. The number of rotatable bonds is 6. The molecule has 31 heavy (non-hydrogen) atoms. The zero-order chi connectivity index (χ0) is 21.2. The van der Waals surface area contributed by atoms with E-state index in [0.717, 1.165) is 74.9 Å².